The number of para-hydroxylation sites is 2. The van der Waals surface area contributed by atoms with Gasteiger partial charge >= 0.3 is 0 Å². The van der Waals surface area contributed by atoms with Crippen molar-refractivity contribution in [1.29, 1.82) is 0 Å². The lowest BCUT2D eigenvalue weighted by Crippen LogP contribution is -2.10. The van der Waals surface area contributed by atoms with E-state index in [0.29, 0.717) is 0 Å². The number of anilines is 3. The average Bonchev–Trinajstić information content (AvgIpc) is 3.83. The zero-order valence-corrected chi connectivity index (χ0v) is 29.8. The molecule has 258 valence electrons. The molecule has 0 amide bonds. The quantitative estimate of drug-likeness (QED) is 0.173. The predicted molar refractivity (Wildman–Crippen MR) is 229 cm³/mol. The van der Waals surface area contributed by atoms with Gasteiger partial charge in [0, 0.05) is 38.5 Å². The van der Waals surface area contributed by atoms with Crippen molar-refractivity contribution in [3.05, 3.63) is 200 Å². The Morgan fingerprint density at radius 3 is 1.56 bits per heavy atom. The maximum Gasteiger partial charge on any atom is 0.159 e. The summed E-state index contributed by atoms with van der Waals surface area (Å²) in [5, 5.41) is 6.80. The number of hydrogen-bond acceptors (Lipinski definition) is 3. The number of nitrogens with zero attached hydrogens (tertiary/aromatic N) is 1. The van der Waals surface area contributed by atoms with Crippen molar-refractivity contribution >= 4 is 71.7 Å². The summed E-state index contributed by atoms with van der Waals surface area (Å²) in [4.78, 5) is 2.32. The van der Waals surface area contributed by atoms with Gasteiger partial charge in [0.1, 0.15) is 16.7 Å². The van der Waals surface area contributed by atoms with E-state index in [-0.39, 0.29) is 0 Å². The molecule has 0 radical (unpaired) electrons. The molecule has 0 spiro atoms. The van der Waals surface area contributed by atoms with Gasteiger partial charge in [0.15, 0.2) is 5.58 Å². The Labute approximate surface area is 317 Å². The second-order valence-corrected chi connectivity index (χ2v) is 14.1. The van der Waals surface area contributed by atoms with Crippen LogP contribution in [0.15, 0.2) is 209 Å². The third kappa shape index (κ3) is 5.28. The monoisotopic (exact) mass is 703 g/mol. The molecule has 9 aromatic carbocycles. The highest BCUT2D eigenvalue weighted by Crippen LogP contribution is 2.44. The molecule has 11 aromatic rings. The first kappa shape index (κ1) is 31.2. The molecule has 0 atom stereocenters. The van der Waals surface area contributed by atoms with Crippen molar-refractivity contribution in [2.45, 2.75) is 0 Å². The highest BCUT2D eigenvalue weighted by molar-refractivity contribution is 6.12. The topological polar surface area (TPSA) is 29.5 Å². The third-order valence-electron chi connectivity index (χ3n) is 10.9. The van der Waals surface area contributed by atoms with Crippen LogP contribution in [0.3, 0.4) is 0 Å². The van der Waals surface area contributed by atoms with Crippen LogP contribution >= 0.6 is 0 Å². The molecule has 0 unspecified atom stereocenters. The van der Waals surface area contributed by atoms with Gasteiger partial charge in [-0.25, -0.2) is 0 Å². The van der Waals surface area contributed by atoms with Gasteiger partial charge in [0.05, 0.1) is 5.69 Å². The van der Waals surface area contributed by atoms with Gasteiger partial charge in [-0.05, 0) is 93.2 Å². The Morgan fingerprint density at radius 1 is 0.309 bits per heavy atom. The highest BCUT2D eigenvalue weighted by atomic mass is 16.3. The van der Waals surface area contributed by atoms with Gasteiger partial charge in [0.2, 0.25) is 0 Å². The molecule has 11 rings (SSSR count). The van der Waals surface area contributed by atoms with E-state index in [1.165, 1.54) is 21.9 Å². The molecule has 0 bridgehead atoms. The van der Waals surface area contributed by atoms with Crippen LogP contribution in [0.5, 0.6) is 0 Å². The lowest BCUT2D eigenvalue weighted by molar-refractivity contribution is 0.669. The minimum Gasteiger partial charge on any atom is -0.455 e. The first-order valence-electron chi connectivity index (χ1n) is 18.7. The summed E-state index contributed by atoms with van der Waals surface area (Å²) in [6.07, 6.45) is 0. The molecule has 0 saturated heterocycles. The zero-order valence-electron chi connectivity index (χ0n) is 29.8. The normalized spacial score (nSPS) is 11.6. The molecule has 3 nitrogen and oxygen atoms in total. The third-order valence-corrected chi connectivity index (χ3v) is 10.9. The van der Waals surface area contributed by atoms with E-state index in [2.05, 4.69) is 199 Å². The Balaban J connectivity index is 1.03. The van der Waals surface area contributed by atoms with Crippen molar-refractivity contribution in [1.82, 2.24) is 0 Å². The van der Waals surface area contributed by atoms with Gasteiger partial charge in [0.25, 0.3) is 0 Å². The molecule has 0 N–H and O–H groups in total. The summed E-state index contributed by atoms with van der Waals surface area (Å²) < 4.78 is 13.2. The zero-order chi connectivity index (χ0) is 36.3. The van der Waals surface area contributed by atoms with E-state index in [1.54, 1.807) is 0 Å². The molecule has 0 aliphatic heterocycles. The van der Waals surface area contributed by atoms with Crippen molar-refractivity contribution in [3.8, 4) is 33.4 Å². The summed E-state index contributed by atoms with van der Waals surface area (Å²) in [6, 6.07) is 70.9. The van der Waals surface area contributed by atoms with Gasteiger partial charge in [-0.1, -0.05) is 146 Å². The van der Waals surface area contributed by atoms with E-state index in [0.717, 1.165) is 83.2 Å². The molecule has 0 aliphatic rings. The summed E-state index contributed by atoms with van der Waals surface area (Å²) in [5.74, 6) is 0. The Bertz CT molecular complexity index is 3190. The van der Waals surface area contributed by atoms with Crippen LogP contribution in [0, 0.1) is 0 Å². The minimum atomic E-state index is 0.854. The van der Waals surface area contributed by atoms with Gasteiger partial charge < -0.3 is 13.7 Å². The Morgan fingerprint density at radius 2 is 0.855 bits per heavy atom. The molecule has 0 fully saturated rings. The SMILES string of the molecule is c1ccc(-c2ccc3oc4c(N(c5ccc(-c6ccc7oc8c(-c9ccccc9)cccc8c7c6)cc5)c5ccc6ccccc6c5)cccc4c3c2)cc1. The smallest absolute Gasteiger partial charge is 0.159 e. The fourth-order valence-corrected chi connectivity index (χ4v) is 8.14. The average molecular weight is 704 g/mol. The standard InChI is InChI=1S/C52H33NO2/c1-3-11-34(12-4-1)39-24-30-50-47(32-39)45-19-10-20-48(52(45)55-50)53(42-28-23-35-13-7-8-16-38(35)31-42)41-26-21-36(22-27-41)40-25-29-49-46(33-40)44-18-9-17-43(51(44)54-49)37-14-5-2-6-15-37/h1-33H. The number of benzene rings is 9. The van der Waals surface area contributed by atoms with Gasteiger partial charge in [-0.3, -0.25) is 0 Å². The summed E-state index contributed by atoms with van der Waals surface area (Å²) in [5.41, 5.74) is 13.5. The first-order valence-corrected chi connectivity index (χ1v) is 18.7. The van der Waals surface area contributed by atoms with E-state index >= 15 is 0 Å². The molecule has 55 heavy (non-hydrogen) atoms. The van der Waals surface area contributed by atoms with E-state index in [9.17, 15) is 0 Å². The van der Waals surface area contributed by atoms with E-state index in [1.807, 2.05) is 6.07 Å². The number of furan rings is 2. The second-order valence-electron chi connectivity index (χ2n) is 14.1. The second kappa shape index (κ2) is 12.6. The summed E-state index contributed by atoms with van der Waals surface area (Å²) in [6.45, 7) is 0. The molecule has 2 heterocycles. The summed E-state index contributed by atoms with van der Waals surface area (Å²) >= 11 is 0. The first-order chi connectivity index (χ1) is 27.2. The molecule has 2 aromatic heterocycles. The molecule has 3 heteroatoms. The van der Waals surface area contributed by atoms with Crippen molar-refractivity contribution in [3.63, 3.8) is 0 Å². The van der Waals surface area contributed by atoms with Gasteiger partial charge in [-0.2, -0.15) is 0 Å². The number of hydrogen-bond donors (Lipinski definition) is 0. The number of rotatable bonds is 6. The molecule has 0 saturated carbocycles. The fourth-order valence-electron chi connectivity index (χ4n) is 8.14. The van der Waals surface area contributed by atoms with Crippen LogP contribution in [0.25, 0.3) is 88.0 Å². The van der Waals surface area contributed by atoms with E-state index < -0.39 is 0 Å². The largest absolute Gasteiger partial charge is 0.455 e. The maximum absolute atomic E-state index is 6.73. The van der Waals surface area contributed by atoms with Crippen molar-refractivity contribution < 1.29 is 8.83 Å². The lowest BCUT2D eigenvalue weighted by atomic mass is 10.00. The lowest BCUT2D eigenvalue weighted by Gasteiger charge is -2.26. The van der Waals surface area contributed by atoms with Crippen molar-refractivity contribution in [2.75, 3.05) is 4.90 Å². The Hall–Kier alpha value is -7.36. The molecular weight excluding hydrogens is 671 g/mol. The summed E-state index contributed by atoms with van der Waals surface area (Å²) in [7, 11) is 0. The van der Waals surface area contributed by atoms with Crippen LogP contribution in [-0.4, -0.2) is 0 Å². The van der Waals surface area contributed by atoms with Crippen LogP contribution in [-0.2, 0) is 0 Å². The van der Waals surface area contributed by atoms with Crippen LogP contribution in [0.1, 0.15) is 0 Å². The van der Waals surface area contributed by atoms with E-state index in [4.69, 9.17) is 8.83 Å². The highest BCUT2D eigenvalue weighted by Gasteiger charge is 2.20. The van der Waals surface area contributed by atoms with Crippen LogP contribution in [0.4, 0.5) is 17.1 Å². The molecular formula is C52H33NO2. The van der Waals surface area contributed by atoms with Crippen LogP contribution in [0.2, 0.25) is 0 Å². The number of fused-ring (bicyclic) bond motifs is 7. The predicted octanol–water partition coefficient (Wildman–Crippen LogP) is 15.1. The van der Waals surface area contributed by atoms with Crippen LogP contribution < -0.4 is 4.90 Å². The fraction of sp³-hybridized carbons (Fsp3) is 0. The van der Waals surface area contributed by atoms with Gasteiger partial charge in [-0.15, -0.1) is 0 Å². The Kier molecular flexibility index (Phi) is 7.17. The molecule has 0 aliphatic carbocycles. The minimum absolute atomic E-state index is 0.854. The maximum atomic E-state index is 6.73. The van der Waals surface area contributed by atoms with Crippen molar-refractivity contribution in [2.24, 2.45) is 0 Å².